The zero-order valence-corrected chi connectivity index (χ0v) is 13.8. The molecule has 0 aromatic heterocycles. The fraction of sp³-hybridized carbons (Fsp3) is 0.933. The van der Waals surface area contributed by atoms with Crippen molar-refractivity contribution in [2.45, 2.75) is 50.7 Å². The molecule has 1 N–H and O–H groups in total. The first-order chi connectivity index (χ1) is 10.0. The molecule has 0 saturated carbocycles. The van der Waals surface area contributed by atoms with Crippen LogP contribution >= 0.6 is 0 Å². The van der Waals surface area contributed by atoms with Crippen LogP contribution < -0.4 is 5.32 Å². The number of amides is 1. The predicted octanol–water partition coefficient (Wildman–Crippen LogP) is 1.19. The molecular weight excluding hydrogens is 288 g/mol. The molecule has 2 fully saturated rings. The molecule has 5 nitrogen and oxygen atoms in total. The summed E-state index contributed by atoms with van der Waals surface area (Å²) in [5, 5.41) is 2.58. The van der Waals surface area contributed by atoms with Crippen LogP contribution in [0.5, 0.6) is 0 Å². The summed E-state index contributed by atoms with van der Waals surface area (Å²) in [5.74, 6) is 0.483. The lowest BCUT2D eigenvalue weighted by atomic mass is 9.98. The minimum Gasteiger partial charge on any atom is -0.341 e. The second-order valence-corrected chi connectivity index (χ2v) is 8.65. The molecule has 0 spiro atoms. The SMILES string of the molecule is CCCN(CC1CCCNC1)C(=O)C1CCCCS1(=O)=O. The highest BCUT2D eigenvalue weighted by molar-refractivity contribution is 7.92. The third kappa shape index (κ3) is 4.42. The van der Waals surface area contributed by atoms with Crippen LogP contribution in [0.1, 0.15) is 45.4 Å². The number of sulfone groups is 1. The molecular formula is C15H28N2O3S. The Kier molecular flexibility index (Phi) is 6.05. The van der Waals surface area contributed by atoms with Crippen LogP contribution in [0.3, 0.4) is 0 Å². The van der Waals surface area contributed by atoms with Gasteiger partial charge in [-0.1, -0.05) is 13.3 Å². The smallest absolute Gasteiger partial charge is 0.240 e. The molecule has 0 bridgehead atoms. The maximum absolute atomic E-state index is 12.7. The highest BCUT2D eigenvalue weighted by Gasteiger charge is 2.37. The average Bonchev–Trinajstić information content (AvgIpc) is 2.47. The average molecular weight is 316 g/mol. The Hall–Kier alpha value is -0.620. The van der Waals surface area contributed by atoms with E-state index in [2.05, 4.69) is 5.32 Å². The van der Waals surface area contributed by atoms with E-state index in [0.717, 1.165) is 38.8 Å². The molecule has 2 heterocycles. The Balaban J connectivity index is 2.03. The van der Waals surface area contributed by atoms with Gasteiger partial charge in [0.05, 0.1) is 5.75 Å². The van der Waals surface area contributed by atoms with Crippen LogP contribution in [0.25, 0.3) is 0 Å². The van der Waals surface area contributed by atoms with Gasteiger partial charge in [-0.3, -0.25) is 4.79 Å². The minimum absolute atomic E-state index is 0.151. The fourth-order valence-corrected chi connectivity index (χ4v) is 5.26. The normalized spacial score (nSPS) is 29.0. The predicted molar refractivity (Wildman–Crippen MR) is 83.9 cm³/mol. The monoisotopic (exact) mass is 316 g/mol. The van der Waals surface area contributed by atoms with Crippen molar-refractivity contribution in [1.29, 1.82) is 0 Å². The van der Waals surface area contributed by atoms with E-state index in [-0.39, 0.29) is 11.7 Å². The lowest BCUT2D eigenvalue weighted by Crippen LogP contribution is -2.48. The van der Waals surface area contributed by atoms with E-state index >= 15 is 0 Å². The van der Waals surface area contributed by atoms with Gasteiger partial charge in [-0.2, -0.15) is 0 Å². The molecule has 122 valence electrons. The van der Waals surface area contributed by atoms with Gasteiger partial charge < -0.3 is 10.2 Å². The zero-order chi connectivity index (χ0) is 15.3. The van der Waals surface area contributed by atoms with Crippen LogP contribution in [0, 0.1) is 5.92 Å². The van der Waals surface area contributed by atoms with Crippen molar-refractivity contribution in [3.63, 3.8) is 0 Å². The number of hydrogen-bond donors (Lipinski definition) is 1. The Morgan fingerprint density at radius 2 is 2.05 bits per heavy atom. The van der Waals surface area contributed by atoms with Gasteiger partial charge in [0.2, 0.25) is 5.91 Å². The summed E-state index contributed by atoms with van der Waals surface area (Å²) in [5.41, 5.74) is 0. The van der Waals surface area contributed by atoms with Crippen LogP contribution in [0.4, 0.5) is 0 Å². The zero-order valence-electron chi connectivity index (χ0n) is 13.0. The summed E-state index contributed by atoms with van der Waals surface area (Å²) < 4.78 is 24.3. The maximum atomic E-state index is 12.7. The van der Waals surface area contributed by atoms with Gasteiger partial charge in [-0.25, -0.2) is 8.42 Å². The van der Waals surface area contributed by atoms with Crippen molar-refractivity contribution in [3.8, 4) is 0 Å². The first kappa shape index (κ1) is 16.7. The molecule has 0 radical (unpaired) electrons. The van der Waals surface area contributed by atoms with E-state index in [0.29, 0.717) is 31.8 Å². The first-order valence-corrected chi connectivity index (χ1v) is 9.97. The molecule has 21 heavy (non-hydrogen) atoms. The van der Waals surface area contributed by atoms with Crippen molar-refractivity contribution < 1.29 is 13.2 Å². The largest absolute Gasteiger partial charge is 0.341 e. The fourth-order valence-electron chi connectivity index (χ4n) is 3.39. The standard InChI is InChI=1S/C15H28N2O3S/c1-2-9-17(12-13-6-5-8-16-11-13)15(18)14-7-3-4-10-21(14,19)20/h13-14,16H,2-12H2,1H3. The number of carbonyl (C=O) groups excluding carboxylic acids is 1. The van der Waals surface area contributed by atoms with Crippen LogP contribution in [-0.4, -0.2) is 56.4 Å². The highest BCUT2D eigenvalue weighted by Crippen LogP contribution is 2.23. The van der Waals surface area contributed by atoms with Gasteiger partial charge in [0.1, 0.15) is 5.25 Å². The van der Waals surface area contributed by atoms with Gasteiger partial charge >= 0.3 is 0 Å². The topological polar surface area (TPSA) is 66.5 Å². The third-order valence-electron chi connectivity index (χ3n) is 4.54. The molecule has 0 aromatic rings. The van der Waals surface area contributed by atoms with E-state index in [1.54, 1.807) is 0 Å². The van der Waals surface area contributed by atoms with Crippen LogP contribution in [0.2, 0.25) is 0 Å². The highest BCUT2D eigenvalue weighted by atomic mass is 32.2. The number of rotatable bonds is 5. The minimum atomic E-state index is -3.23. The third-order valence-corrected chi connectivity index (χ3v) is 6.70. The number of hydrogen-bond acceptors (Lipinski definition) is 4. The van der Waals surface area contributed by atoms with E-state index < -0.39 is 15.1 Å². The van der Waals surface area contributed by atoms with Gasteiger partial charge in [-0.15, -0.1) is 0 Å². The molecule has 2 atom stereocenters. The lowest BCUT2D eigenvalue weighted by molar-refractivity contribution is -0.131. The Morgan fingerprint density at radius 3 is 2.67 bits per heavy atom. The van der Waals surface area contributed by atoms with Gasteiger partial charge in [0, 0.05) is 13.1 Å². The summed E-state index contributed by atoms with van der Waals surface area (Å²) >= 11 is 0. The number of carbonyl (C=O) groups is 1. The number of piperidine rings is 1. The van der Waals surface area contributed by atoms with Crippen LogP contribution in [-0.2, 0) is 14.6 Å². The first-order valence-electron chi connectivity index (χ1n) is 8.25. The number of nitrogens with one attached hydrogen (secondary N) is 1. The molecule has 2 unspecified atom stereocenters. The van der Waals surface area contributed by atoms with Gasteiger partial charge in [-0.05, 0) is 51.1 Å². The van der Waals surface area contributed by atoms with E-state index in [4.69, 9.17) is 0 Å². The van der Waals surface area contributed by atoms with E-state index in [9.17, 15) is 13.2 Å². The molecule has 1 amide bonds. The quantitative estimate of drug-likeness (QED) is 0.827. The van der Waals surface area contributed by atoms with E-state index in [1.165, 1.54) is 0 Å². The van der Waals surface area contributed by atoms with Crippen molar-refractivity contribution in [3.05, 3.63) is 0 Å². The summed E-state index contributed by atoms with van der Waals surface area (Å²) in [6.45, 7) is 5.39. The number of nitrogens with zero attached hydrogens (tertiary/aromatic N) is 1. The summed E-state index contributed by atoms with van der Waals surface area (Å²) in [4.78, 5) is 14.5. The molecule has 0 aliphatic carbocycles. The summed E-state index contributed by atoms with van der Waals surface area (Å²) in [6, 6.07) is 0. The molecule has 2 aliphatic rings. The van der Waals surface area contributed by atoms with Crippen molar-refractivity contribution in [1.82, 2.24) is 10.2 Å². The lowest BCUT2D eigenvalue weighted by Gasteiger charge is -2.33. The summed E-state index contributed by atoms with van der Waals surface area (Å²) in [7, 11) is -3.23. The Bertz CT molecular complexity index is 444. The van der Waals surface area contributed by atoms with Crippen molar-refractivity contribution in [2.24, 2.45) is 5.92 Å². The molecule has 6 heteroatoms. The van der Waals surface area contributed by atoms with Gasteiger partial charge in [0.25, 0.3) is 0 Å². The summed E-state index contributed by atoms with van der Waals surface area (Å²) in [6.07, 6.45) is 5.19. The molecule has 0 aromatic carbocycles. The second-order valence-electron chi connectivity index (χ2n) is 6.35. The Morgan fingerprint density at radius 1 is 1.24 bits per heavy atom. The van der Waals surface area contributed by atoms with E-state index in [1.807, 2.05) is 11.8 Å². The van der Waals surface area contributed by atoms with Crippen molar-refractivity contribution in [2.75, 3.05) is 31.9 Å². The van der Waals surface area contributed by atoms with Crippen LogP contribution in [0.15, 0.2) is 0 Å². The molecule has 2 rings (SSSR count). The molecule has 2 aliphatic heterocycles. The Labute approximate surface area is 128 Å². The van der Waals surface area contributed by atoms with Gasteiger partial charge in [0.15, 0.2) is 9.84 Å². The van der Waals surface area contributed by atoms with Crippen molar-refractivity contribution >= 4 is 15.7 Å². The molecule has 2 saturated heterocycles. The maximum Gasteiger partial charge on any atom is 0.240 e. The second kappa shape index (κ2) is 7.58.